The van der Waals surface area contributed by atoms with Gasteiger partial charge in [-0.15, -0.1) is 0 Å². The number of benzene rings is 2. The number of fused-ring (bicyclic) bond motifs is 1. The number of carbonyl (C=O) groups excluding carboxylic acids is 2. The summed E-state index contributed by atoms with van der Waals surface area (Å²) in [6.45, 7) is 0. The number of carbonyl (C=O) groups is 2. The van der Waals surface area contributed by atoms with Gasteiger partial charge in [-0.25, -0.2) is 9.29 Å². The molecule has 0 saturated heterocycles. The van der Waals surface area contributed by atoms with Gasteiger partial charge >= 0.3 is 0 Å². The first kappa shape index (κ1) is 12.8. The molecule has 0 aromatic heterocycles. The number of halogens is 2. The number of nitrogens with zero attached hydrogens (tertiary/aromatic N) is 1. The van der Waals surface area contributed by atoms with Gasteiger partial charge < -0.3 is 5.73 Å². The van der Waals surface area contributed by atoms with E-state index in [1.54, 1.807) is 18.2 Å². The van der Waals surface area contributed by atoms with Gasteiger partial charge in [0.2, 0.25) is 0 Å². The molecule has 2 aromatic carbocycles. The van der Waals surface area contributed by atoms with Gasteiger partial charge in [0.1, 0.15) is 5.82 Å². The Morgan fingerprint density at radius 2 is 1.70 bits per heavy atom. The van der Waals surface area contributed by atoms with Crippen LogP contribution in [0.4, 0.5) is 15.8 Å². The van der Waals surface area contributed by atoms with Gasteiger partial charge in [-0.3, -0.25) is 9.59 Å². The van der Waals surface area contributed by atoms with Crippen LogP contribution in [0, 0.1) is 5.82 Å². The fourth-order valence-corrected chi connectivity index (χ4v) is 2.48. The van der Waals surface area contributed by atoms with E-state index in [0.29, 0.717) is 15.6 Å². The summed E-state index contributed by atoms with van der Waals surface area (Å²) < 4.78 is 13.9. The molecule has 1 aliphatic heterocycles. The largest absolute Gasteiger partial charge is 0.396 e. The van der Waals surface area contributed by atoms with Crippen molar-refractivity contribution < 1.29 is 14.0 Å². The minimum atomic E-state index is -0.590. The van der Waals surface area contributed by atoms with Crippen molar-refractivity contribution >= 4 is 39.1 Å². The predicted octanol–water partition coefficient (Wildman–Crippen LogP) is 2.97. The summed E-state index contributed by atoms with van der Waals surface area (Å²) in [7, 11) is 0. The first-order valence-corrected chi connectivity index (χ1v) is 6.51. The highest BCUT2D eigenvalue weighted by atomic mass is 79.9. The fourth-order valence-electron chi connectivity index (χ4n) is 2.12. The Morgan fingerprint density at radius 3 is 2.40 bits per heavy atom. The van der Waals surface area contributed by atoms with Crippen LogP contribution in [0.15, 0.2) is 40.9 Å². The maximum Gasteiger partial charge on any atom is 0.266 e. The molecular weight excluding hydrogens is 327 g/mol. The van der Waals surface area contributed by atoms with Crippen molar-refractivity contribution in [2.45, 2.75) is 0 Å². The highest BCUT2D eigenvalue weighted by Crippen LogP contribution is 2.31. The van der Waals surface area contributed by atoms with E-state index < -0.39 is 17.6 Å². The summed E-state index contributed by atoms with van der Waals surface area (Å²) in [4.78, 5) is 25.6. The summed E-state index contributed by atoms with van der Waals surface area (Å²) in [5.41, 5.74) is 6.25. The molecule has 6 heteroatoms. The second-order valence-electron chi connectivity index (χ2n) is 4.34. The minimum absolute atomic E-state index is 0.111. The van der Waals surface area contributed by atoms with Gasteiger partial charge in [0.05, 0.1) is 22.5 Å². The molecule has 0 unspecified atom stereocenters. The molecule has 3 rings (SSSR count). The van der Waals surface area contributed by atoms with Crippen LogP contribution in [0.25, 0.3) is 0 Å². The molecule has 0 atom stereocenters. The van der Waals surface area contributed by atoms with Gasteiger partial charge in [0.15, 0.2) is 0 Å². The zero-order valence-corrected chi connectivity index (χ0v) is 11.6. The minimum Gasteiger partial charge on any atom is -0.396 e. The number of nitrogens with two attached hydrogens (primary N) is 1. The Labute approximate surface area is 122 Å². The van der Waals surface area contributed by atoms with Crippen molar-refractivity contribution in [3.05, 3.63) is 57.8 Å². The molecule has 1 aliphatic rings. The smallest absolute Gasteiger partial charge is 0.266 e. The van der Waals surface area contributed by atoms with Crippen molar-refractivity contribution in [2.24, 2.45) is 0 Å². The zero-order chi connectivity index (χ0) is 14.4. The van der Waals surface area contributed by atoms with Crippen molar-refractivity contribution in [1.29, 1.82) is 0 Å². The number of hydrogen-bond acceptors (Lipinski definition) is 3. The van der Waals surface area contributed by atoms with Crippen LogP contribution in [0.5, 0.6) is 0 Å². The highest BCUT2D eigenvalue weighted by molar-refractivity contribution is 9.10. The number of hydrogen-bond donors (Lipinski definition) is 1. The molecule has 2 N–H and O–H groups in total. The molecule has 1 heterocycles. The van der Waals surface area contributed by atoms with E-state index in [4.69, 9.17) is 5.73 Å². The molecule has 0 aliphatic carbocycles. The lowest BCUT2D eigenvalue weighted by atomic mass is 10.1. The van der Waals surface area contributed by atoms with E-state index in [1.807, 2.05) is 0 Å². The Kier molecular flexibility index (Phi) is 2.83. The summed E-state index contributed by atoms with van der Waals surface area (Å²) in [6.07, 6.45) is 0. The quantitative estimate of drug-likeness (QED) is 0.644. The number of imide groups is 1. The molecule has 0 spiro atoms. The van der Waals surface area contributed by atoms with Crippen molar-refractivity contribution in [2.75, 3.05) is 10.6 Å². The number of nitrogen functional groups attached to an aromatic ring is 1. The monoisotopic (exact) mass is 334 g/mol. The SMILES string of the molecule is Nc1cc(N2C(=O)c3ccc(Br)cc3C2=O)ccc1F. The topological polar surface area (TPSA) is 63.4 Å². The van der Waals surface area contributed by atoms with E-state index in [0.717, 1.165) is 11.0 Å². The average molecular weight is 335 g/mol. The number of rotatable bonds is 1. The molecule has 100 valence electrons. The van der Waals surface area contributed by atoms with E-state index in [2.05, 4.69) is 15.9 Å². The number of amides is 2. The van der Waals surface area contributed by atoms with Gasteiger partial charge in [-0.2, -0.15) is 0 Å². The van der Waals surface area contributed by atoms with E-state index in [-0.39, 0.29) is 11.4 Å². The molecule has 20 heavy (non-hydrogen) atoms. The predicted molar refractivity (Wildman–Crippen MR) is 76.1 cm³/mol. The third-order valence-corrected chi connectivity index (χ3v) is 3.58. The summed E-state index contributed by atoms with van der Waals surface area (Å²) in [5, 5.41) is 0. The molecule has 2 aromatic rings. The van der Waals surface area contributed by atoms with Crippen molar-refractivity contribution in [3.63, 3.8) is 0 Å². The van der Waals surface area contributed by atoms with E-state index in [1.165, 1.54) is 12.1 Å². The standard InChI is InChI=1S/C14H8BrFN2O2/c15-7-1-3-9-10(5-7)14(20)18(13(9)19)8-2-4-11(16)12(17)6-8/h1-6H,17H2. The summed E-state index contributed by atoms with van der Waals surface area (Å²) in [6, 6.07) is 8.60. The Balaban J connectivity index is 2.11. The average Bonchev–Trinajstić information content (AvgIpc) is 2.65. The van der Waals surface area contributed by atoms with Crippen LogP contribution in [0.3, 0.4) is 0 Å². The Morgan fingerprint density at radius 1 is 1.00 bits per heavy atom. The van der Waals surface area contributed by atoms with Gasteiger partial charge in [-0.1, -0.05) is 15.9 Å². The molecule has 0 saturated carbocycles. The lowest BCUT2D eigenvalue weighted by Gasteiger charge is -2.14. The normalized spacial score (nSPS) is 13.8. The molecule has 4 nitrogen and oxygen atoms in total. The van der Waals surface area contributed by atoms with Crippen LogP contribution >= 0.6 is 15.9 Å². The van der Waals surface area contributed by atoms with E-state index >= 15 is 0 Å². The Bertz CT molecular complexity index is 761. The fraction of sp³-hybridized carbons (Fsp3) is 0. The first-order chi connectivity index (χ1) is 9.49. The van der Waals surface area contributed by atoms with Gasteiger partial charge in [-0.05, 0) is 36.4 Å². The molecular formula is C14H8BrFN2O2. The second kappa shape index (κ2) is 4.42. The summed E-state index contributed by atoms with van der Waals surface area (Å²) in [5.74, 6) is -1.48. The second-order valence-corrected chi connectivity index (χ2v) is 5.26. The first-order valence-electron chi connectivity index (χ1n) is 5.72. The number of anilines is 2. The van der Waals surface area contributed by atoms with Crippen LogP contribution in [0.1, 0.15) is 20.7 Å². The van der Waals surface area contributed by atoms with Gasteiger partial charge in [0.25, 0.3) is 11.8 Å². The molecule has 0 bridgehead atoms. The maximum atomic E-state index is 13.2. The molecule has 2 amide bonds. The van der Waals surface area contributed by atoms with E-state index in [9.17, 15) is 14.0 Å². The molecule has 0 radical (unpaired) electrons. The Hall–Kier alpha value is -2.21. The van der Waals surface area contributed by atoms with Crippen LogP contribution < -0.4 is 10.6 Å². The third kappa shape index (κ3) is 1.80. The van der Waals surface area contributed by atoms with Crippen molar-refractivity contribution in [1.82, 2.24) is 0 Å². The van der Waals surface area contributed by atoms with Crippen LogP contribution in [0.2, 0.25) is 0 Å². The summed E-state index contributed by atoms with van der Waals surface area (Å²) >= 11 is 3.26. The lowest BCUT2D eigenvalue weighted by Crippen LogP contribution is -2.29. The van der Waals surface area contributed by atoms with Crippen LogP contribution in [-0.2, 0) is 0 Å². The lowest BCUT2D eigenvalue weighted by molar-refractivity contribution is 0.0926. The highest BCUT2D eigenvalue weighted by Gasteiger charge is 2.36. The van der Waals surface area contributed by atoms with Crippen LogP contribution in [-0.4, -0.2) is 11.8 Å². The molecule has 0 fully saturated rings. The zero-order valence-electron chi connectivity index (χ0n) is 10.1. The van der Waals surface area contributed by atoms with Gasteiger partial charge in [0, 0.05) is 4.47 Å². The third-order valence-electron chi connectivity index (χ3n) is 3.09. The van der Waals surface area contributed by atoms with Crippen molar-refractivity contribution in [3.8, 4) is 0 Å². The maximum absolute atomic E-state index is 13.2.